The Morgan fingerprint density at radius 3 is 2.56 bits per heavy atom. The summed E-state index contributed by atoms with van der Waals surface area (Å²) in [5, 5.41) is 6.60. The number of likely N-dealkylation sites (N-methyl/N-ethyl adjacent to an activating group) is 1. The number of guanidine groups is 1. The van der Waals surface area contributed by atoms with E-state index in [0.717, 1.165) is 50.1 Å². The Kier molecular flexibility index (Phi) is 10.9. The number of anilines is 1. The fraction of sp³-hybridized carbons (Fsp3) is 0.478. The number of halogens is 2. The zero-order valence-electron chi connectivity index (χ0n) is 19.1. The highest BCUT2D eigenvalue weighted by Gasteiger charge is 2.17. The Hall–Kier alpha value is -2.14. The first kappa shape index (κ1) is 26.1. The molecule has 7 nitrogen and oxygen atoms in total. The summed E-state index contributed by atoms with van der Waals surface area (Å²) in [6.45, 7) is 9.89. The summed E-state index contributed by atoms with van der Waals surface area (Å²) < 4.78 is 18.9. The Morgan fingerprint density at radius 1 is 1.16 bits per heavy atom. The smallest absolute Gasteiger partial charge is 0.191 e. The number of aromatic nitrogens is 1. The Labute approximate surface area is 207 Å². The number of ether oxygens (including phenoxy) is 1. The highest BCUT2D eigenvalue weighted by atomic mass is 127. The second-order valence-electron chi connectivity index (χ2n) is 7.73. The summed E-state index contributed by atoms with van der Waals surface area (Å²) in [5.41, 5.74) is 1.11. The summed E-state index contributed by atoms with van der Waals surface area (Å²) >= 11 is 0. The Morgan fingerprint density at radius 2 is 1.88 bits per heavy atom. The molecule has 1 atom stereocenters. The van der Waals surface area contributed by atoms with Gasteiger partial charge in [0.05, 0.1) is 13.1 Å². The van der Waals surface area contributed by atoms with E-state index in [2.05, 4.69) is 38.5 Å². The van der Waals surface area contributed by atoms with Crippen LogP contribution in [0.3, 0.4) is 0 Å². The predicted molar refractivity (Wildman–Crippen MR) is 139 cm³/mol. The van der Waals surface area contributed by atoms with Gasteiger partial charge in [-0.1, -0.05) is 6.07 Å². The zero-order valence-corrected chi connectivity index (χ0v) is 21.4. The second kappa shape index (κ2) is 13.4. The fourth-order valence-electron chi connectivity index (χ4n) is 3.39. The van der Waals surface area contributed by atoms with E-state index in [4.69, 9.17) is 9.73 Å². The topological polar surface area (TPSA) is 65.0 Å². The quantitative estimate of drug-likeness (QED) is 0.296. The van der Waals surface area contributed by atoms with E-state index in [1.54, 1.807) is 12.1 Å². The van der Waals surface area contributed by atoms with Gasteiger partial charge in [-0.15, -0.1) is 24.0 Å². The Bertz CT molecular complexity index is 843. The maximum atomic E-state index is 13.1. The second-order valence-corrected chi connectivity index (χ2v) is 7.73. The molecule has 0 amide bonds. The number of hydrogen-bond acceptors (Lipinski definition) is 5. The lowest BCUT2D eigenvalue weighted by atomic mass is 10.2. The molecule has 32 heavy (non-hydrogen) atoms. The molecule has 1 aliphatic rings. The number of nitrogens with one attached hydrogen (secondary N) is 2. The SMILES string of the molecule is CCNC(=NCc1cccnc1N1CCN(C)CC1)NCC(C)Oc1ccc(F)cc1.I. The van der Waals surface area contributed by atoms with Crippen LogP contribution >= 0.6 is 24.0 Å². The van der Waals surface area contributed by atoms with Crippen molar-refractivity contribution in [3.63, 3.8) is 0 Å². The van der Waals surface area contributed by atoms with Crippen LogP contribution in [-0.4, -0.2) is 68.3 Å². The highest BCUT2D eigenvalue weighted by Crippen LogP contribution is 2.19. The zero-order chi connectivity index (χ0) is 22.1. The van der Waals surface area contributed by atoms with E-state index < -0.39 is 0 Å². The van der Waals surface area contributed by atoms with Crippen molar-refractivity contribution in [2.45, 2.75) is 26.5 Å². The molecule has 1 aromatic heterocycles. The van der Waals surface area contributed by atoms with Crippen LogP contribution in [0.2, 0.25) is 0 Å². The molecule has 1 aliphatic heterocycles. The van der Waals surface area contributed by atoms with Crippen molar-refractivity contribution in [2.24, 2.45) is 4.99 Å². The fourth-order valence-corrected chi connectivity index (χ4v) is 3.39. The van der Waals surface area contributed by atoms with Crippen LogP contribution in [0.15, 0.2) is 47.6 Å². The molecule has 0 spiro atoms. The van der Waals surface area contributed by atoms with E-state index in [1.807, 2.05) is 26.1 Å². The number of aliphatic imine (C=N–C) groups is 1. The molecule has 1 unspecified atom stereocenters. The van der Waals surface area contributed by atoms with E-state index in [1.165, 1.54) is 12.1 Å². The molecular weight excluding hydrogens is 522 g/mol. The molecular formula is C23H34FIN6O. The maximum Gasteiger partial charge on any atom is 0.191 e. The number of hydrogen-bond donors (Lipinski definition) is 2. The van der Waals surface area contributed by atoms with Crippen molar-refractivity contribution in [3.05, 3.63) is 54.0 Å². The van der Waals surface area contributed by atoms with Crippen molar-refractivity contribution in [1.29, 1.82) is 0 Å². The normalized spacial score (nSPS) is 15.6. The average Bonchev–Trinajstić information content (AvgIpc) is 2.78. The van der Waals surface area contributed by atoms with Crippen LogP contribution in [-0.2, 0) is 6.54 Å². The monoisotopic (exact) mass is 556 g/mol. The van der Waals surface area contributed by atoms with E-state index in [9.17, 15) is 4.39 Å². The number of pyridine rings is 1. The minimum Gasteiger partial charge on any atom is -0.489 e. The molecule has 3 rings (SSSR count). The van der Waals surface area contributed by atoms with Crippen molar-refractivity contribution < 1.29 is 9.13 Å². The molecule has 9 heteroatoms. The summed E-state index contributed by atoms with van der Waals surface area (Å²) in [6, 6.07) is 10.1. The molecule has 0 aliphatic carbocycles. The van der Waals surface area contributed by atoms with E-state index >= 15 is 0 Å². The van der Waals surface area contributed by atoms with Crippen LogP contribution in [0.4, 0.5) is 10.2 Å². The summed E-state index contributed by atoms with van der Waals surface area (Å²) in [5.74, 6) is 2.12. The van der Waals surface area contributed by atoms with Gasteiger partial charge in [-0.25, -0.2) is 14.4 Å². The van der Waals surface area contributed by atoms with Crippen LogP contribution in [0.25, 0.3) is 0 Å². The minimum absolute atomic E-state index is 0. The van der Waals surface area contributed by atoms with Crippen LogP contribution < -0.4 is 20.3 Å². The summed E-state index contributed by atoms with van der Waals surface area (Å²) in [4.78, 5) is 14.1. The third kappa shape index (κ3) is 8.09. The summed E-state index contributed by atoms with van der Waals surface area (Å²) in [7, 11) is 2.15. The molecule has 176 valence electrons. The predicted octanol–water partition coefficient (Wildman–Crippen LogP) is 3.11. The first-order valence-corrected chi connectivity index (χ1v) is 10.9. The van der Waals surface area contributed by atoms with Gasteiger partial charge in [0.25, 0.3) is 0 Å². The van der Waals surface area contributed by atoms with Crippen molar-refractivity contribution >= 4 is 35.8 Å². The lowest BCUT2D eigenvalue weighted by Crippen LogP contribution is -2.45. The third-order valence-corrected chi connectivity index (χ3v) is 5.13. The van der Waals surface area contributed by atoms with Gasteiger partial charge in [-0.05, 0) is 51.2 Å². The standard InChI is InChI=1S/C23H33FN6O.HI/c1-4-25-23(27-16-18(2)31-21-9-7-20(24)8-10-21)28-17-19-6-5-11-26-22(19)30-14-12-29(3)13-15-30;/h5-11,18H,4,12-17H2,1-3H3,(H2,25,27,28);1H. The highest BCUT2D eigenvalue weighted by molar-refractivity contribution is 14.0. The number of nitrogens with zero attached hydrogens (tertiary/aromatic N) is 4. The van der Waals surface area contributed by atoms with Gasteiger partial charge in [0.15, 0.2) is 5.96 Å². The van der Waals surface area contributed by atoms with Crippen molar-refractivity contribution in [2.75, 3.05) is 51.2 Å². The van der Waals surface area contributed by atoms with Gasteiger partial charge in [-0.2, -0.15) is 0 Å². The molecule has 2 aromatic rings. The molecule has 2 heterocycles. The molecule has 1 aromatic carbocycles. The Balaban J connectivity index is 0.00000363. The lowest BCUT2D eigenvalue weighted by Gasteiger charge is -2.34. The van der Waals surface area contributed by atoms with Crippen LogP contribution in [0.1, 0.15) is 19.4 Å². The molecule has 1 saturated heterocycles. The maximum absolute atomic E-state index is 13.1. The van der Waals surface area contributed by atoms with Crippen molar-refractivity contribution in [3.8, 4) is 5.75 Å². The van der Waals surface area contributed by atoms with E-state index in [0.29, 0.717) is 18.8 Å². The molecule has 0 saturated carbocycles. The number of piperazine rings is 1. The summed E-state index contributed by atoms with van der Waals surface area (Å²) in [6.07, 6.45) is 1.74. The van der Waals surface area contributed by atoms with Crippen LogP contribution in [0.5, 0.6) is 5.75 Å². The molecule has 2 N–H and O–H groups in total. The van der Waals surface area contributed by atoms with E-state index in [-0.39, 0.29) is 35.9 Å². The molecule has 0 bridgehead atoms. The average molecular weight is 556 g/mol. The van der Waals surface area contributed by atoms with Gasteiger partial charge in [0, 0.05) is 44.5 Å². The van der Waals surface area contributed by atoms with Crippen molar-refractivity contribution in [1.82, 2.24) is 20.5 Å². The van der Waals surface area contributed by atoms with Gasteiger partial charge in [-0.3, -0.25) is 0 Å². The first-order chi connectivity index (χ1) is 15.0. The first-order valence-electron chi connectivity index (χ1n) is 10.9. The minimum atomic E-state index is -0.272. The lowest BCUT2D eigenvalue weighted by molar-refractivity contribution is 0.223. The van der Waals surface area contributed by atoms with Gasteiger partial charge < -0.3 is 25.2 Å². The third-order valence-electron chi connectivity index (χ3n) is 5.13. The molecule has 0 radical (unpaired) electrons. The van der Waals surface area contributed by atoms with Crippen LogP contribution in [0, 0.1) is 5.82 Å². The number of benzene rings is 1. The van der Waals surface area contributed by atoms with Gasteiger partial charge >= 0.3 is 0 Å². The largest absolute Gasteiger partial charge is 0.489 e. The van der Waals surface area contributed by atoms with Gasteiger partial charge in [0.1, 0.15) is 23.5 Å². The molecule has 1 fully saturated rings. The number of rotatable bonds is 8. The van der Waals surface area contributed by atoms with Gasteiger partial charge in [0.2, 0.25) is 0 Å².